The predicted octanol–water partition coefficient (Wildman–Crippen LogP) is 2.87. The lowest BCUT2D eigenvalue weighted by Gasteiger charge is -2.09. The molecule has 1 aromatic carbocycles. The van der Waals surface area contributed by atoms with Crippen LogP contribution in [0.15, 0.2) is 18.2 Å². The summed E-state index contributed by atoms with van der Waals surface area (Å²) in [6.07, 6.45) is 2.17. The van der Waals surface area contributed by atoms with Crippen molar-refractivity contribution in [2.45, 2.75) is 45.2 Å². The summed E-state index contributed by atoms with van der Waals surface area (Å²) in [6.45, 7) is 6.46. The molecule has 0 atom stereocenters. The number of nitrogens with two attached hydrogens (primary N) is 1. The van der Waals surface area contributed by atoms with Crippen molar-refractivity contribution in [3.63, 3.8) is 0 Å². The molecule has 1 aromatic heterocycles. The second kappa shape index (κ2) is 3.33. The Morgan fingerprint density at radius 1 is 1.35 bits per heavy atom. The van der Waals surface area contributed by atoms with Gasteiger partial charge in [0.25, 0.3) is 0 Å². The highest BCUT2D eigenvalue weighted by atomic mass is 15.3. The standard InChI is InChI=1S/C14H19N3/c1-9(2)17-10(3)11-5-4-6-12(13(11)16-17)14(15)7-8-14/h4-6,9H,7-8,15H2,1-3H3. The fourth-order valence-electron chi connectivity index (χ4n) is 2.56. The molecule has 17 heavy (non-hydrogen) atoms. The fraction of sp³-hybridized carbons (Fsp3) is 0.500. The first-order valence-electron chi connectivity index (χ1n) is 6.30. The van der Waals surface area contributed by atoms with Crippen LogP contribution in [0, 0.1) is 6.92 Å². The van der Waals surface area contributed by atoms with Gasteiger partial charge in [0.05, 0.1) is 5.52 Å². The Kier molecular flexibility index (Phi) is 2.11. The van der Waals surface area contributed by atoms with Gasteiger partial charge in [-0.25, -0.2) is 0 Å². The Morgan fingerprint density at radius 3 is 2.65 bits per heavy atom. The van der Waals surface area contributed by atoms with Crippen molar-refractivity contribution in [2.24, 2.45) is 5.73 Å². The maximum absolute atomic E-state index is 6.32. The minimum Gasteiger partial charge on any atom is -0.321 e. The van der Waals surface area contributed by atoms with Crippen molar-refractivity contribution in [3.8, 4) is 0 Å². The van der Waals surface area contributed by atoms with E-state index in [9.17, 15) is 0 Å². The van der Waals surface area contributed by atoms with Gasteiger partial charge in [-0.15, -0.1) is 0 Å². The first kappa shape index (κ1) is 10.8. The summed E-state index contributed by atoms with van der Waals surface area (Å²) in [5, 5.41) is 6.00. The molecule has 0 spiro atoms. The molecular weight excluding hydrogens is 210 g/mol. The SMILES string of the molecule is Cc1c2cccc(C3(N)CC3)c2nn1C(C)C. The number of aromatic nitrogens is 2. The zero-order valence-corrected chi connectivity index (χ0v) is 10.7. The van der Waals surface area contributed by atoms with Gasteiger partial charge in [-0.3, -0.25) is 4.68 Å². The number of hydrogen-bond acceptors (Lipinski definition) is 2. The highest BCUT2D eigenvalue weighted by Crippen LogP contribution is 2.45. The maximum Gasteiger partial charge on any atom is 0.0976 e. The van der Waals surface area contributed by atoms with Crippen LogP contribution < -0.4 is 5.73 Å². The molecule has 2 aromatic rings. The van der Waals surface area contributed by atoms with E-state index in [0.717, 1.165) is 18.4 Å². The summed E-state index contributed by atoms with van der Waals surface area (Å²) in [7, 11) is 0. The summed E-state index contributed by atoms with van der Waals surface area (Å²) in [4.78, 5) is 0. The lowest BCUT2D eigenvalue weighted by atomic mass is 10.0. The molecule has 1 saturated carbocycles. The third-order valence-electron chi connectivity index (χ3n) is 3.79. The topological polar surface area (TPSA) is 43.8 Å². The van der Waals surface area contributed by atoms with Gasteiger partial charge in [0.2, 0.25) is 0 Å². The van der Waals surface area contributed by atoms with E-state index in [4.69, 9.17) is 10.8 Å². The average Bonchev–Trinajstić information content (AvgIpc) is 2.94. The second-order valence-electron chi connectivity index (χ2n) is 5.48. The molecule has 0 radical (unpaired) electrons. The monoisotopic (exact) mass is 229 g/mol. The lowest BCUT2D eigenvalue weighted by molar-refractivity contribution is 0.523. The summed E-state index contributed by atoms with van der Waals surface area (Å²) >= 11 is 0. The normalized spacial score (nSPS) is 17.9. The fourth-order valence-corrected chi connectivity index (χ4v) is 2.56. The van der Waals surface area contributed by atoms with Crippen molar-refractivity contribution in [2.75, 3.05) is 0 Å². The molecule has 3 nitrogen and oxygen atoms in total. The van der Waals surface area contributed by atoms with E-state index in [-0.39, 0.29) is 5.54 Å². The number of fused-ring (bicyclic) bond motifs is 1. The number of hydrogen-bond donors (Lipinski definition) is 1. The summed E-state index contributed by atoms with van der Waals surface area (Å²) in [5.41, 5.74) is 9.76. The Balaban J connectivity index is 2.29. The Morgan fingerprint density at radius 2 is 2.06 bits per heavy atom. The zero-order chi connectivity index (χ0) is 12.2. The van der Waals surface area contributed by atoms with Crippen LogP contribution >= 0.6 is 0 Å². The molecule has 90 valence electrons. The molecule has 1 aliphatic carbocycles. The first-order chi connectivity index (χ1) is 8.03. The molecule has 0 bridgehead atoms. The largest absolute Gasteiger partial charge is 0.321 e. The Hall–Kier alpha value is -1.35. The third kappa shape index (κ3) is 1.49. The van der Waals surface area contributed by atoms with E-state index < -0.39 is 0 Å². The summed E-state index contributed by atoms with van der Waals surface area (Å²) < 4.78 is 2.10. The third-order valence-corrected chi connectivity index (χ3v) is 3.79. The van der Waals surface area contributed by atoms with E-state index in [1.807, 2.05) is 0 Å². The van der Waals surface area contributed by atoms with Gasteiger partial charge in [0.1, 0.15) is 0 Å². The molecule has 3 rings (SSSR count). The van der Waals surface area contributed by atoms with E-state index in [1.165, 1.54) is 16.6 Å². The van der Waals surface area contributed by atoms with Crippen LogP contribution in [0.3, 0.4) is 0 Å². The predicted molar refractivity (Wildman–Crippen MR) is 70.0 cm³/mol. The van der Waals surface area contributed by atoms with Crippen LogP contribution in [0.25, 0.3) is 10.9 Å². The van der Waals surface area contributed by atoms with Crippen LogP contribution in [-0.2, 0) is 5.54 Å². The highest BCUT2D eigenvalue weighted by molar-refractivity contribution is 5.85. The average molecular weight is 229 g/mol. The molecule has 3 heteroatoms. The Labute approximate surface area is 102 Å². The smallest absolute Gasteiger partial charge is 0.0976 e. The van der Waals surface area contributed by atoms with Gasteiger partial charge < -0.3 is 5.73 Å². The number of aryl methyl sites for hydroxylation is 1. The number of nitrogens with zero attached hydrogens (tertiary/aromatic N) is 2. The van der Waals surface area contributed by atoms with Crippen LogP contribution in [0.5, 0.6) is 0 Å². The molecule has 0 amide bonds. The van der Waals surface area contributed by atoms with Crippen molar-refractivity contribution >= 4 is 10.9 Å². The minimum absolute atomic E-state index is 0.109. The summed E-state index contributed by atoms with van der Waals surface area (Å²) in [6, 6.07) is 6.77. The van der Waals surface area contributed by atoms with Gasteiger partial charge in [-0.2, -0.15) is 5.10 Å². The van der Waals surface area contributed by atoms with E-state index in [0.29, 0.717) is 6.04 Å². The molecule has 0 saturated heterocycles. The number of rotatable bonds is 2. The first-order valence-corrected chi connectivity index (χ1v) is 6.30. The van der Waals surface area contributed by atoms with Crippen molar-refractivity contribution < 1.29 is 0 Å². The van der Waals surface area contributed by atoms with Crippen LogP contribution in [0.2, 0.25) is 0 Å². The minimum atomic E-state index is -0.109. The Bertz CT molecular complexity index is 576. The van der Waals surface area contributed by atoms with Gasteiger partial charge in [0.15, 0.2) is 0 Å². The zero-order valence-electron chi connectivity index (χ0n) is 10.7. The van der Waals surface area contributed by atoms with Crippen molar-refractivity contribution in [3.05, 3.63) is 29.5 Å². The molecule has 2 N–H and O–H groups in total. The van der Waals surface area contributed by atoms with Crippen molar-refractivity contribution in [1.82, 2.24) is 9.78 Å². The second-order valence-corrected chi connectivity index (χ2v) is 5.48. The van der Waals surface area contributed by atoms with E-state index >= 15 is 0 Å². The molecule has 0 aliphatic heterocycles. The van der Waals surface area contributed by atoms with Gasteiger partial charge in [0, 0.05) is 28.2 Å². The van der Waals surface area contributed by atoms with E-state index in [2.05, 4.69) is 43.7 Å². The van der Waals surface area contributed by atoms with Crippen LogP contribution in [0.1, 0.15) is 44.0 Å². The maximum atomic E-state index is 6.32. The summed E-state index contributed by atoms with van der Waals surface area (Å²) in [5.74, 6) is 0. The van der Waals surface area contributed by atoms with Gasteiger partial charge >= 0.3 is 0 Å². The molecule has 1 fully saturated rings. The van der Waals surface area contributed by atoms with Crippen LogP contribution in [-0.4, -0.2) is 9.78 Å². The molecule has 1 heterocycles. The quantitative estimate of drug-likeness (QED) is 0.860. The van der Waals surface area contributed by atoms with E-state index in [1.54, 1.807) is 0 Å². The van der Waals surface area contributed by atoms with Crippen LogP contribution in [0.4, 0.5) is 0 Å². The molecule has 0 unspecified atom stereocenters. The van der Waals surface area contributed by atoms with Gasteiger partial charge in [-0.1, -0.05) is 18.2 Å². The molecule has 1 aliphatic rings. The number of benzene rings is 1. The molecular formula is C14H19N3. The van der Waals surface area contributed by atoms with Crippen molar-refractivity contribution in [1.29, 1.82) is 0 Å². The highest BCUT2D eigenvalue weighted by Gasteiger charge is 2.41. The van der Waals surface area contributed by atoms with Gasteiger partial charge in [-0.05, 0) is 33.6 Å². The lowest BCUT2D eigenvalue weighted by Crippen LogP contribution is -2.19.